The fraction of sp³-hybridized carbons (Fsp3) is 0.538. The maximum Gasteiger partial charge on any atom is 0.270 e. The first-order valence-corrected chi connectivity index (χ1v) is 6.01. The summed E-state index contributed by atoms with van der Waals surface area (Å²) in [5.41, 5.74) is 0.150. The minimum Gasteiger partial charge on any atom is -0.348 e. The van der Waals surface area contributed by atoms with Gasteiger partial charge in [0.1, 0.15) is 5.69 Å². The lowest BCUT2D eigenvalue weighted by Gasteiger charge is -2.19. The maximum absolute atomic E-state index is 12.9. The number of halogens is 1. The monoisotopic (exact) mass is 236 g/mol. The van der Waals surface area contributed by atoms with Crippen LogP contribution in [0, 0.1) is 17.8 Å². The van der Waals surface area contributed by atoms with E-state index in [2.05, 4.69) is 24.1 Å². The lowest BCUT2D eigenvalue weighted by Crippen LogP contribution is -2.37. The molecule has 3 atom stereocenters. The standard InChI is InChI=1S/C13H17FN2O/c1-8-6-7-10(9(8)2)16-13(17)11-4-3-5-12(14)15-11/h3-5,8-10H,6-7H2,1-2H3,(H,16,17). The molecule has 1 aromatic heterocycles. The summed E-state index contributed by atoms with van der Waals surface area (Å²) < 4.78 is 12.9. The molecule has 92 valence electrons. The molecule has 3 unspecified atom stereocenters. The van der Waals surface area contributed by atoms with E-state index >= 15 is 0 Å². The van der Waals surface area contributed by atoms with Crippen molar-refractivity contribution in [1.82, 2.24) is 10.3 Å². The highest BCUT2D eigenvalue weighted by atomic mass is 19.1. The van der Waals surface area contributed by atoms with Crippen molar-refractivity contribution >= 4 is 5.91 Å². The Morgan fingerprint density at radius 2 is 2.18 bits per heavy atom. The third-order valence-electron chi connectivity index (χ3n) is 3.73. The van der Waals surface area contributed by atoms with Crippen molar-refractivity contribution in [2.24, 2.45) is 11.8 Å². The average Bonchev–Trinajstić information content (AvgIpc) is 2.61. The molecule has 17 heavy (non-hydrogen) atoms. The molecule has 0 bridgehead atoms. The van der Waals surface area contributed by atoms with E-state index in [-0.39, 0.29) is 17.6 Å². The molecule has 1 aliphatic rings. The van der Waals surface area contributed by atoms with Gasteiger partial charge in [-0.05, 0) is 36.8 Å². The van der Waals surface area contributed by atoms with Crippen molar-refractivity contribution in [1.29, 1.82) is 0 Å². The van der Waals surface area contributed by atoms with Crippen LogP contribution in [0.3, 0.4) is 0 Å². The second-order valence-electron chi connectivity index (χ2n) is 4.84. The van der Waals surface area contributed by atoms with Gasteiger partial charge in [0, 0.05) is 6.04 Å². The molecular formula is C13H17FN2O. The quantitative estimate of drug-likeness (QED) is 0.801. The lowest BCUT2D eigenvalue weighted by atomic mass is 9.98. The van der Waals surface area contributed by atoms with Gasteiger partial charge in [-0.1, -0.05) is 19.9 Å². The first kappa shape index (κ1) is 12.0. The number of pyridine rings is 1. The number of hydrogen-bond acceptors (Lipinski definition) is 2. The number of hydrogen-bond donors (Lipinski definition) is 1. The summed E-state index contributed by atoms with van der Waals surface area (Å²) in [7, 11) is 0. The molecular weight excluding hydrogens is 219 g/mol. The zero-order valence-electron chi connectivity index (χ0n) is 10.1. The predicted molar refractivity (Wildman–Crippen MR) is 63.0 cm³/mol. The van der Waals surface area contributed by atoms with Crippen LogP contribution in [0.2, 0.25) is 0 Å². The molecule has 1 aromatic rings. The third-order valence-corrected chi connectivity index (χ3v) is 3.73. The van der Waals surface area contributed by atoms with Gasteiger partial charge in [0.05, 0.1) is 0 Å². The number of nitrogens with zero attached hydrogens (tertiary/aromatic N) is 1. The maximum atomic E-state index is 12.9. The molecule has 1 amide bonds. The van der Waals surface area contributed by atoms with E-state index in [4.69, 9.17) is 0 Å². The molecule has 1 saturated carbocycles. The van der Waals surface area contributed by atoms with Gasteiger partial charge < -0.3 is 5.32 Å². The minimum atomic E-state index is -0.620. The summed E-state index contributed by atoms with van der Waals surface area (Å²) in [6, 6.07) is 4.44. The topological polar surface area (TPSA) is 42.0 Å². The third kappa shape index (κ3) is 2.62. The summed E-state index contributed by atoms with van der Waals surface area (Å²) in [5, 5.41) is 2.93. The molecule has 1 N–H and O–H groups in total. The normalized spacial score (nSPS) is 28.1. The van der Waals surface area contributed by atoms with E-state index in [0.29, 0.717) is 11.8 Å². The number of nitrogens with one attached hydrogen (secondary N) is 1. The number of amides is 1. The highest BCUT2D eigenvalue weighted by Crippen LogP contribution is 2.31. The first-order valence-electron chi connectivity index (χ1n) is 6.01. The Morgan fingerprint density at radius 3 is 2.76 bits per heavy atom. The SMILES string of the molecule is CC1CCC(NC(=O)c2cccc(F)n2)C1C. The number of carbonyl (C=O) groups excluding carboxylic acids is 1. The van der Waals surface area contributed by atoms with Crippen molar-refractivity contribution in [3.05, 3.63) is 29.8 Å². The summed E-state index contributed by atoms with van der Waals surface area (Å²) in [4.78, 5) is 15.4. The Kier molecular flexibility index (Phi) is 3.41. The molecule has 0 aliphatic heterocycles. The smallest absolute Gasteiger partial charge is 0.270 e. The van der Waals surface area contributed by atoms with Crippen LogP contribution in [0.5, 0.6) is 0 Å². The molecule has 0 radical (unpaired) electrons. The van der Waals surface area contributed by atoms with Gasteiger partial charge in [0.15, 0.2) is 0 Å². The molecule has 1 heterocycles. The Hall–Kier alpha value is -1.45. The van der Waals surface area contributed by atoms with Crippen molar-refractivity contribution < 1.29 is 9.18 Å². The summed E-state index contributed by atoms with van der Waals surface area (Å²) in [6.07, 6.45) is 2.12. The van der Waals surface area contributed by atoms with Crippen LogP contribution < -0.4 is 5.32 Å². The summed E-state index contributed by atoms with van der Waals surface area (Å²) >= 11 is 0. The van der Waals surface area contributed by atoms with E-state index in [0.717, 1.165) is 12.8 Å². The molecule has 1 aliphatic carbocycles. The van der Waals surface area contributed by atoms with Crippen LogP contribution in [0.1, 0.15) is 37.2 Å². The zero-order valence-corrected chi connectivity index (χ0v) is 10.1. The Balaban J connectivity index is 2.02. The first-order chi connectivity index (χ1) is 8.08. The van der Waals surface area contributed by atoms with Crippen molar-refractivity contribution in [3.8, 4) is 0 Å². The number of carbonyl (C=O) groups is 1. The highest BCUT2D eigenvalue weighted by molar-refractivity contribution is 5.92. The van der Waals surface area contributed by atoms with Crippen LogP contribution in [-0.2, 0) is 0 Å². The highest BCUT2D eigenvalue weighted by Gasteiger charge is 2.31. The minimum absolute atomic E-state index is 0.150. The van der Waals surface area contributed by atoms with Gasteiger partial charge >= 0.3 is 0 Å². The van der Waals surface area contributed by atoms with Gasteiger partial charge in [-0.25, -0.2) is 4.98 Å². The van der Waals surface area contributed by atoms with Crippen molar-refractivity contribution in [2.45, 2.75) is 32.7 Å². The van der Waals surface area contributed by atoms with Crippen LogP contribution >= 0.6 is 0 Å². The fourth-order valence-corrected chi connectivity index (χ4v) is 2.35. The van der Waals surface area contributed by atoms with Crippen molar-refractivity contribution in [2.75, 3.05) is 0 Å². The largest absolute Gasteiger partial charge is 0.348 e. The van der Waals surface area contributed by atoms with Crippen LogP contribution in [0.15, 0.2) is 18.2 Å². The van der Waals surface area contributed by atoms with E-state index in [1.165, 1.54) is 18.2 Å². The Labute approximate surface area is 100 Å². The zero-order chi connectivity index (χ0) is 12.4. The molecule has 0 spiro atoms. The van der Waals surface area contributed by atoms with Gasteiger partial charge in [-0.3, -0.25) is 4.79 Å². The van der Waals surface area contributed by atoms with Gasteiger partial charge in [-0.2, -0.15) is 4.39 Å². The van der Waals surface area contributed by atoms with Crippen LogP contribution in [0.25, 0.3) is 0 Å². The van der Waals surface area contributed by atoms with Crippen LogP contribution in [-0.4, -0.2) is 16.9 Å². The fourth-order valence-electron chi connectivity index (χ4n) is 2.35. The summed E-state index contributed by atoms with van der Waals surface area (Å²) in [5.74, 6) is 0.189. The van der Waals surface area contributed by atoms with Crippen molar-refractivity contribution in [3.63, 3.8) is 0 Å². The Morgan fingerprint density at radius 1 is 1.41 bits per heavy atom. The molecule has 2 rings (SSSR count). The van der Waals surface area contributed by atoms with Crippen LogP contribution in [0.4, 0.5) is 4.39 Å². The van der Waals surface area contributed by atoms with E-state index in [1.807, 2.05) is 0 Å². The lowest BCUT2D eigenvalue weighted by molar-refractivity contribution is 0.0921. The van der Waals surface area contributed by atoms with Gasteiger partial charge in [0.2, 0.25) is 5.95 Å². The summed E-state index contributed by atoms with van der Waals surface area (Å²) in [6.45, 7) is 4.33. The molecule has 3 nitrogen and oxygen atoms in total. The van der Waals surface area contributed by atoms with Gasteiger partial charge in [-0.15, -0.1) is 0 Å². The molecule has 0 saturated heterocycles. The average molecular weight is 236 g/mol. The van der Waals surface area contributed by atoms with Gasteiger partial charge in [0.25, 0.3) is 5.91 Å². The molecule has 1 fully saturated rings. The predicted octanol–water partition coefficient (Wildman–Crippen LogP) is 2.39. The second kappa shape index (κ2) is 4.82. The van der Waals surface area contributed by atoms with E-state index in [1.54, 1.807) is 0 Å². The molecule has 0 aromatic carbocycles. The van der Waals surface area contributed by atoms with E-state index < -0.39 is 5.95 Å². The van der Waals surface area contributed by atoms with E-state index in [9.17, 15) is 9.18 Å². The number of rotatable bonds is 2. The number of aromatic nitrogens is 1. The Bertz CT molecular complexity index is 422. The molecule has 4 heteroatoms. The second-order valence-corrected chi connectivity index (χ2v) is 4.84.